The molecule has 1 aromatic rings. The minimum Gasteiger partial charge on any atom is -0.443 e. The van der Waals surface area contributed by atoms with Crippen LogP contribution >= 0.6 is 11.6 Å². The van der Waals surface area contributed by atoms with Crippen molar-refractivity contribution in [3.05, 3.63) is 52.0 Å². The SMILES string of the molecule is C=C(Cl)C=C1/C(=C\N)CCc2c1[nH]c1c2C(=O)N(C(=O)OC(C)(C)C)C2(CCC2)C1. The van der Waals surface area contributed by atoms with Crippen molar-refractivity contribution >= 4 is 29.2 Å². The summed E-state index contributed by atoms with van der Waals surface area (Å²) >= 11 is 6.07. The summed E-state index contributed by atoms with van der Waals surface area (Å²) in [5.74, 6) is -0.271. The van der Waals surface area contributed by atoms with Crippen molar-refractivity contribution in [2.75, 3.05) is 0 Å². The first kappa shape index (κ1) is 20.8. The molecule has 3 aliphatic rings. The molecule has 1 aromatic heterocycles. The number of aromatic nitrogens is 1. The van der Waals surface area contributed by atoms with E-state index in [1.807, 2.05) is 20.8 Å². The summed E-state index contributed by atoms with van der Waals surface area (Å²) in [5.41, 5.74) is 9.71. The van der Waals surface area contributed by atoms with E-state index < -0.39 is 17.2 Å². The number of carbonyl (C=O) groups excluding carboxylic acids is 2. The predicted octanol–water partition coefficient (Wildman–Crippen LogP) is 4.80. The van der Waals surface area contributed by atoms with Gasteiger partial charge in [0.05, 0.1) is 16.8 Å². The zero-order valence-corrected chi connectivity index (χ0v) is 18.5. The third-order valence-electron chi connectivity index (χ3n) is 6.20. The normalized spacial score (nSPS) is 22.7. The smallest absolute Gasteiger partial charge is 0.417 e. The molecule has 1 saturated carbocycles. The van der Waals surface area contributed by atoms with Crippen LogP contribution in [-0.2, 0) is 17.6 Å². The molecule has 0 bridgehead atoms. The minimum atomic E-state index is -0.669. The van der Waals surface area contributed by atoms with Crippen molar-refractivity contribution < 1.29 is 14.3 Å². The highest BCUT2D eigenvalue weighted by Crippen LogP contribution is 2.48. The Bertz CT molecular complexity index is 1010. The zero-order chi connectivity index (χ0) is 21.8. The first-order valence-corrected chi connectivity index (χ1v) is 10.7. The zero-order valence-electron chi connectivity index (χ0n) is 17.7. The van der Waals surface area contributed by atoms with Crippen molar-refractivity contribution in [1.82, 2.24) is 9.88 Å². The van der Waals surface area contributed by atoms with E-state index in [1.165, 1.54) is 4.90 Å². The summed E-state index contributed by atoms with van der Waals surface area (Å²) in [5, 5.41) is 0.391. The lowest BCUT2D eigenvalue weighted by molar-refractivity contribution is -0.0214. The summed E-state index contributed by atoms with van der Waals surface area (Å²) in [7, 11) is 0. The third-order valence-corrected chi connectivity index (χ3v) is 6.31. The fraction of sp³-hybridized carbons (Fsp3) is 0.478. The Morgan fingerprint density at radius 1 is 1.33 bits per heavy atom. The van der Waals surface area contributed by atoms with Crippen LogP contribution in [0.2, 0.25) is 0 Å². The number of ether oxygens (including phenoxy) is 1. The number of hydrogen-bond donors (Lipinski definition) is 2. The molecule has 2 heterocycles. The summed E-state index contributed by atoms with van der Waals surface area (Å²) < 4.78 is 5.61. The average Bonchev–Trinajstić information content (AvgIpc) is 2.97. The van der Waals surface area contributed by atoms with E-state index in [1.54, 1.807) is 12.3 Å². The van der Waals surface area contributed by atoms with E-state index >= 15 is 0 Å². The van der Waals surface area contributed by atoms with Crippen molar-refractivity contribution in [1.29, 1.82) is 0 Å². The van der Waals surface area contributed by atoms with Gasteiger partial charge in [-0.05, 0) is 76.3 Å². The molecule has 0 radical (unpaired) electrons. The summed E-state index contributed by atoms with van der Waals surface area (Å²) in [6, 6.07) is 0. The van der Waals surface area contributed by atoms with Gasteiger partial charge in [-0.2, -0.15) is 0 Å². The number of allylic oxidation sites excluding steroid dienone is 4. The lowest BCUT2D eigenvalue weighted by Gasteiger charge is -2.51. The van der Waals surface area contributed by atoms with Crippen LogP contribution in [0.25, 0.3) is 5.57 Å². The van der Waals surface area contributed by atoms with Crippen molar-refractivity contribution in [3.63, 3.8) is 0 Å². The van der Waals surface area contributed by atoms with Gasteiger partial charge in [-0.15, -0.1) is 0 Å². The Balaban J connectivity index is 1.82. The molecule has 160 valence electrons. The number of aromatic amines is 1. The van der Waals surface area contributed by atoms with E-state index in [0.717, 1.165) is 47.4 Å². The number of fused-ring (bicyclic) bond motifs is 3. The van der Waals surface area contributed by atoms with Crippen LogP contribution in [-0.4, -0.2) is 33.0 Å². The Hall–Kier alpha value is -2.47. The molecule has 1 aliphatic heterocycles. The number of carbonyl (C=O) groups is 2. The summed E-state index contributed by atoms with van der Waals surface area (Å²) in [6.07, 6.45) is 7.32. The Labute approximate surface area is 181 Å². The van der Waals surface area contributed by atoms with E-state index in [-0.39, 0.29) is 5.91 Å². The molecular formula is C23H28ClN3O3. The van der Waals surface area contributed by atoms with Gasteiger partial charge in [0.2, 0.25) is 0 Å². The van der Waals surface area contributed by atoms with Crippen LogP contribution < -0.4 is 5.73 Å². The maximum absolute atomic E-state index is 13.7. The second-order valence-corrected chi connectivity index (χ2v) is 9.89. The van der Waals surface area contributed by atoms with Crippen molar-refractivity contribution in [2.24, 2.45) is 5.73 Å². The van der Waals surface area contributed by atoms with Crippen LogP contribution in [0.3, 0.4) is 0 Å². The Kier molecular flexibility index (Phi) is 4.88. The third kappa shape index (κ3) is 3.27. The van der Waals surface area contributed by atoms with Gasteiger partial charge < -0.3 is 15.5 Å². The lowest BCUT2D eigenvalue weighted by atomic mass is 9.69. The highest BCUT2D eigenvalue weighted by Gasteiger charge is 2.54. The van der Waals surface area contributed by atoms with E-state index in [9.17, 15) is 9.59 Å². The number of hydrogen-bond acceptors (Lipinski definition) is 4. The maximum atomic E-state index is 13.7. The van der Waals surface area contributed by atoms with Crippen LogP contribution in [0, 0.1) is 0 Å². The number of halogens is 1. The monoisotopic (exact) mass is 429 g/mol. The second-order valence-electron chi connectivity index (χ2n) is 9.40. The highest BCUT2D eigenvalue weighted by atomic mass is 35.5. The fourth-order valence-corrected chi connectivity index (χ4v) is 4.93. The van der Waals surface area contributed by atoms with Crippen LogP contribution in [0.15, 0.2) is 29.5 Å². The number of nitrogens with one attached hydrogen (secondary N) is 1. The number of H-pyrrole nitrogens is 1. The fourth-order valence-electron chi connectivity index (χ4n) is 4.82. The molecule has 2 aliphatic carbocycles. The molecule has 3 N–H and O–H groups in total. The quantitative estimate of drug-likeness (QED) is 0.671. The van der Waals surface area contributed by atoms with Gasteiger partial charge in [0.25, 0.3) is 5.91 Å². The minimum absolute atomic E-state index is 0.271. The van der Waals surface area contributed by atoms with Gasteiger partial charge in [0.15, 0.2) is 0 Å². The van der Waals surface area contributed by atoms with E-state index in [0.29, 0.717) is 29.9 Å². The Morgan fingerprint density at radius 2 is 2.03 bits per heavy atom. The first-order chi connectivity index (χ1) is 14.1. The largest absolute Gasteiger partial charge is 0.443 e. The predicted molar refractivity (Wildman–Crippen MR) is 117 cm³/mol. The van der Waals surface area contributed by atoms with Gasteiger partial charge in [-0.3, -0.25) is 4.79 Å². The molecular weight excluding hydrogens is 402 g/mol. The van der Waals surface area contributed by atoms with Gasteiger partial charge >= 0.3 is 6.09 Å². The summed E-state index contributed by atoms with van der Waals surface area (Å²) in [6.45, 7) is 9.21. The van der Waals surface area contributed by atoms with Gasteiger partial charge in [-0.1, -0.05) is 18.2 Å². The average molecular weight is 430 g/mol. The molecule has 2 amide bonds. The number of imide groups is 1. The van der Waals surface area contributed by atoms with Crippen LogP contribution in [0.1, 0.15) is 73.8 Å². The molecule has 1 spiro atoms. The highest BCUT2D eigenvalue weighted by molar-refractivity contribution is 6.31. The number of nitrogens with two attached hydrogens (primary N) is 1. The molecule has 6 nitrogen and oxygen atoms in total. The second kappa shape index (κ2) is 7.05. The van der Waals surface area contributed by atoms with Crippen LogP contribution in [0.5, 0.6) is 0 Å². The van der Waals surface area contributed by atoms with Gasteiger partial charge in [0.1, 0.15) is 5.60 Å². The molecule has 0 unspecified atom stereocenters. The first-order valence-electron chi connectivity index (χ1n) is 10.4. The number of rotatable bonds is 1. The maximum Gasteiger partial charge on any atom is 0.417 e. The molecule has 0 saturated heterocycles. The van der Waals surface area contributed by atoms with Crippen molar-refractivity contribution in [2.45, 2.75) is 70.4 Å². The van der Waals surface area contributed by atoms with Gasteiger partial charge in [0, 0.05) is 22.7 Å². The summed E-state index contributed by atoms with van der Waals surface area (Å²) in [4.78, 5) is 31.6. The van der Waals surface area contributed by atoms with Crippen molar-refractivity contribution in [3.8, 4) is 0 Å². The Morgan fingerprint density at radius 3 is 2.57 bits per heavy atom. The molecule has 4 rings (SSSR count). The number of nitrogens with zero attached hydrogens (tertiary/aromatic N) is 1. The molecule has 30 heavy (non-hydrogen) atoms. The van der Waals surface area contributed by atoms with E-state index in [4.69, 9.17) is 22.1 Å². The molecule has 1 fully saturated rings. The van der Waals surface area contributed by atoms with Gasteiger partial charge in [-0.25, -0.2) is 9.69 Å². The molecule has 0 atom stereocenters. The lowest BCUT2D eigenvalue weighted by Crippen LogP contribution is -2.63. The number of amides is 2. The molecule has 0 aromatic carbocycles. The van der Waals surface area contributed by atoms with E-state index in [2.05, 4.69) is 11.6 Å². The topological polar surface area (TPSA) is 88.4 Å². The standard InChI is InChI=1S/C23H28ClN3O3/c1-13(24)10-16-14(12-25)6-7-15-18-17(26-19(15)16)11-23(8-5-9-23)27(20(18)28)21(29)30-22(2,3)4/h10,12,26H,1,5-9,11,25H2,2-4H3/b14-12-,16-10?. The molecule has 7 heteroatoms. The van der Waals surface area contributed by atoms with Crippen LogP contribution in [0.4, 0.5) is 4.79 Å².